The van der Waals surface area contributed by atoms with Gasteiger partial charge in [-0.2, -0.15) is 0 Å². The molecule has 26 heavy (non-hydrogen) atoms. The minimum Gasteiger partial charge on any atom is -0.457 e. The number of carbonyl (C=O) groups excluding carboxylic acids is 3. The Balaban J connectivity index is 1.58. The summed E-state index contributed by atoms with van der Waals surface area (Å²) in [7, 11) is 0. The lowest BCUT2D eigenvalue weighted by molar-refractivity contribution is -0.122. The summed E-state index contributed by atoms with van der Waals surface area (Å²) >= 11 is 0. The third kappa shape index (κ3) is 2.73. The summed E-state index contributed by atoms with van der Waals surface area (Å²) in [5.41, 5.74) is 1.55. The van der Waals surface area contributed by atoms with Gasteiger partial charge in [0.1, 0.15) is 5.75 Å². The molecule has 0 spiro atoms. The van der Waals surface area contributed by atoms with Crippen LogP contribution >= 0.6 is 0 Å². The average molecular weight is 351 g/mol. The molecule has 0 bridgehead atoms. The molecule has 1 aliphatic carbocycles. The number of amides is 2. The highest BCUT2D eigenvalue weighted by molar-refractivity contribution is 6.22. The molecule has 0 unspecified atom stereocenters. The van der Waals surface area contributed by atoms with Crippen LogP contribution in [-0.4, -0.2) is 17.8 Å². The first-order valence-electron chi connectivity index (χ1n) is 8.44. The lowest BCUT2D eigenvalue weighted by Crippen LogP contribution is -2.30. The molecule has 0 saturated carbocycles. The van der Waals surface area contributed by atoms with Gasteiger partial charge in [0.15, 0.2) is 0 Å². The van der Waals surface area contributed by atoms with E-state index in [1.165, 1.54) is 23.3 Å². The molecule has 2 heterocycles. The van der Waals surface area contributed by atoms with Crippen LogP contribution in [0, 0.1) is 11.8 Å². The number of carbonyl (C=O) groups is 3. The van der Waals surface area contributed by atoms with Crippen LogP contribution in [0.15, 0.2) is 58.7 Å². The van der Waals surface area contributed by atoms with Crippen LogP contribution in [0.1, 0.15) is 30.3 Å². The number of esters is 1. The van der Waals surface area contributed by atoms with Crippen molar-refractivity contribution in [2.45, 2.75) is 19.8 Å². The van der Waals surface area contributed by atoms with Gasteiger partial charge in [-0.1, -0.05) is 17.7 Å². The Bertz CT molecular complexity index is 912. The van der Waals surface area contributed by atoms with Crippen molar-refractivity contribution in [3.05, 3.63) is 60.1 Å². The van der Waals surface area contributed by atoms with Crippen LogP contribution in [0.5, 0.6) is 5.75 Å². The molecule has 2 atom stereocenters. The van der Waals surface area contributed by atoms with Crippen LogP contribution in [0.3, 0.4) is 0 Å². The van der Waals surface area contributed by atoms with Crippen molar-refractivity contribution < 1.29 is 23.5 Å². The van der Waals surface area contributed by atoms with E-state index in [2.05, 4.69) is 0 Å². The van der Waals surface area contributed by atoms with E-state index < -0.39 is 5.97 Å². The zero-order valence-corrected chi connectivity index (χ0v) is 14.2. The summed E-state index contributed by atoms with van der Waals surface area (Å²) in [5.74, 6) is -1.31. The fourth-order valence-electron chi connectivity index (χ4n) is 3.53. The van der Waals surface area contributed by atoms with Crippen LogP contribution in [-0.2, 0) is 9.59 Å². The van der Waals surface area contributed by atoms with E-state index >= 15 is 0 Å². The fourth-order valence-corrected chi connectivity index (χ4v) is 3.53. The molecule has 6 nitrogen and oxygen atoms in total. The van der Waals surface area contributed by atoms with Gasteiger partial charge < -0.3 is 9.15 Å². The van der Waals surface area contributed by atoms with Gasteiger partial charge in [0, 0.05) is 6.07 Å². The van der Waals surface area contributed by atoms with Crippen LogP contribution in [0.4, 0.5) is 5.69 Å². The van der Waals surface area contributed by atoms with Gasteiger partial charge in [-0.05, 0) is 44.0 Å². The summed E-state index contributed by atoms with van der Waals surface area (Å²) < 4.78 is 10.3. The topological polar surface area (TPSA) is 76.8 Å². The van der Waals surface area contributed by atoms with Gasteiger partial charge in [-0.15, -0.1) is 0 Å². The minimum atomic E-state index is -0.639. The van der Waals surface area contributed by atoms with Crippen molar-refractivity contribution in [1.29, 1.82) is 0 Å². The van der Waals surface area contributed by atoms with Crippen molar-refractivity contribution in [2.24, 2.45) is 11.8 Å². The lowest BCUT2D eigenvalue weighted by atomic mass is 9.82. The van der Waals surface area contributed by atoms with Crippen molar-refractivity contribution in [2.75, 3.05) is 4.90 Å². The molecular formula is C20H17NO5. The second-order valence-electron chi connectivity index (χ2n) is 6.58. The number of rotatable bonds is 3. The zero-order valence-electron chi connectivity index (χ0n) is 14.2. The number of hydrogen-bond donors (Lipinski definition) is 0. The molecule has 1 fully saturated rings. The number of furan rings is 1. The quantitative estimate of drug-likeness (QED) is 0.367. The maximum atomic E-state index is 12.8. The number of ether oxygens (including phenoxy) is 1. The number of imide groups is 1. The summed E-state index contributed by atoms with van der Waals surface area (Å²) in [6, 6.07) is 9.51. The summed E-state index contributed by atoms with van der Waals surface area (Å²) in [6.45, 7) is 1.98. The Labute approximate surface area is 150 Å². The maximum absolute atomic E-state index is 12.8. The molecule has 132 valence electrons. The van der Waals surface area contributed by atoms with E-state index in [4.69, 9.17) is 9.15 Å². The molecule has 1 aromatic carbocycles. The normalized spacial score (nSPS) is 22.2. The highest BCUT2D eigenvalue weighted by atomic mass is 16.5. The third-order valence-electron chi connectivity index (χ3n) is 4.83. The highest BCUT2D eigenvalue weighted by Crippen LogP contribution is 2.40. The first-order chi connectivity index (χ1) is 12.5. The summed E-state index contributed by atoms with van der Waals surface area (Å²) in [6.07, 6.45) is 4.60. The minimum absolute atomic E-state index is 0.0799. The van der Waals surface area contributed by atoms with Crippen LogP contribution in [0.25, 0.3) is 0 Å². The van der Waals surface area contributed by atoms with E-state index in [1.54, 1.807) is 24.3 Å². The maximum Gasteiger partial charge on any atom is 0.379 e. The van der Waals surface area contributed by atoms with Crippen molar-refractivity contribution >= 4 is 23.5 Å². The smallest absolute Gasteiger partial charge is 0.379 e. The van der Waals surface area contributed by atoms with E-state index in [9.17, 15) is 14.4 Å². The predicted molar refractivity (Wildman–Crippen MR) is 92.6 cm³/mol. The van der Waals surface area contributed by atoms with E-state index in [0.717, 1.165) is 5.57 Å². The molecule has 1 aliphatic heterocycles. The Kier molecular flexibility index (Phi) is 3.95. The number of benzene rings is 1. The first-order valence-corrected chi connectivity index (χ1v) is 8.44. The van der Waals surface area contributed by atoms with Gasteiger partial charge >= 0.3 is 5.97 Å². The average Bonchev–Trinajstić information content (AvgIpc) is 3.23. The highest BCUT2D eigenvalue weighted by Gasteiger charge is 2.48. The Morgan fingerprint density at radius 2 is 1.96 bits per heavy atom. The van der Waals surface area contributed by atoms with Crippen LogP contribution in [0.2, 0.25) is 0 Å². The van der Waals surface area contributed by atoms with E-state index in [0.29, 0.717) is 18.5 Å². The summed E-state index contributed by atoms with van der Waals surface area (Å²) in [5, 5.41) is 0. The number of allylic oxidation sites excluding steroid dienone is 2. The van der Waals surface area contributed by atoms with E-state index in [-0.39, 0.29) is 35.2 Å². The number of hydrogen-bond acceptors (Lipinski definition) is 5. The standard InChI is InChI=1S/C20H17NO5/c1-12-7-8-15-16(10-12)19(23)21(18(15)22)13-4-2-5-14(11-13)26-20(24)17-6-3-9-25-17/h2-7,9,11,15-16H,8,10H2,1H3/t15-,16+/m0/s1. The van der Waals surface area contributed by atoms with Gasteiger partial charge in [0.25, 0.3) is 0 Å². The SMILES string of the molecule is CC1=CC[C@@H]2C(=O)N(c3cccc(OC(=O)c4ccco4)c3)C(=O)[C@@H]2C1. The summed E-state index contributed by atoms with van der Waals surface area (Å²) in [4.78, 5) is 38.7. The van der Waals surface area contributed by atoms with Gasteiger partial charge in [0.05, 0.1) is 23.8 Å². The molecular weight excluding hydrogens is 334 g/mol. The molecule has 0 N–H and O–H groups in total. The predicted octanol–water partition coefficient (Wildman–Crippen LogP) is 3.34. The third-order valence-corrected chi connectivity index (χ3v) is 4.83. The van der Waals surface area contributed by atoms with Crippen molar-refractivity contribution in [3.8, 4) is 5.75 Å². The molecule has 2 aromatic rings. The van der Waals surface area contributed by atoms with Gasteiger partial charge in [-0.3, -0.25) is 9.59 Å². The van der Waals surface area contributed by atoms with Gasteiger partial charge in [-0.25, -0.2) is 9.69 Å². The molecule has 2 aliphatic rings. The molecule has 1 aromatic heterocycles. The first kappa shape index (κ1) is 16.3. The Morgan fingerprint density at radius 1 is 1.15 bits per heavy atom. The lowest BCUT2D eigenvalue weighted by Gasteiger charge is -2.18. The zero-order chi connectivity index (χ0) is 18.3. The van der Waals surface area contributed by atoms with Crippen molar-refractivity contribution in [1.82, 2.24) is 0 Å². The molecule has 0 radical (unpaired) electrons. The Morgan fingerprint density at radius 3 is 2.73 bits per heavy atom. The molecule has 2 amide bonds. The molecule has 6 heteroatoms. The second kappa shape index (κ2) is 6.29. The van der Waals surface area contributed by atoms with Gasteiger partial charge in [0.2, 0.25) is 17.6 Å². The fraction of sp³-hybridized carbons (Fsp3) is 0.250. The number of nitrogens with zero attached hydrogens (tertiary/aromatic N) is 1. The number of anilines is 1. The van der Waals surface area contributed by atoms with E-state index in [1.807, 2.05) is 13.0 Å². The Hall–Kier alpha value is -3.15. The monoisotopic (exact) mass is 351 g/mol. The van der Waals surface area contributed by atoms with Crippen molar-refractivity contribution in [3.63, 3.8) is 0 Å². The largest absolute Gasteiger partial charge is 0.457 e. The molecule has 1 saturated heterocycles. The number of fused-ring (bicyclic) bond motifs is 1. The second-order valence-corrected chi connectivity index (χ2v) is 6.58. The molecule has 4 rings (SSSR count). The van der Waals surface area contributed by atoms with Crippen LogP contribution < -0.4 is 9.64 Å².